The van der Waals surface area contributed by atoms with Crippen molar-refractivity contribution in [1.82, 2.24) is 4.90 Å². The number of β-amino-alcohol motifs (C(OH)–C–C–N with tert-alkyl or cyclic N) is 2. The Labute approximate surface area is 61.3 Å². The van der Waals surface area contributed by atoms with E-state index in [9.17, 15) is 10.2 Å². The molecule has 0 aliphatic carbocycles. The summed E-state index contributed by atoms with van der Waals surface area (Å²) in [4.78, 5) is 2.03. The van der Waals surface area contributed by atoms with Crippen LogP contribution in [0, 0.1) is 0 Å². The predicted molar refractivity (Wildman–Crippen MR) is 38.7 cm³/mol. The molecular formula is C7H15NO2. The fourth-order valence-electron chi connectivity index (χ4n) is 1.30. The Bertz CT molecular complexity index is 125. The van der Waals surface area contributed by atoms with E-state index in [1.165, 1.54) is 0 Å². The predicted octanol–water partition coefficient (Wildman–Crippen LogP) is -0.566. The average Bonchev–Trinajstić information content (AvgIpc) is 2.08. The minimum Gasteiger partial charge on any atom is -0.389 e. The lowest BCUT2D eigenvalue weighted by Crippen LogP contribution is -2.37. The highest BCUT2D eigenvalue weighted by atomic mass is 16.3. The van der Waals surface area contributed by atoms with Crippen LogP contribution in [-0.4, -0.2) is 46.5 Å². The third kappa shape index (κ3) is 1.31. The molecule has 3 nitrogen and oxygen atoms in total. The van der Waals surface area contributed by atoms with E-state index in [1.807, 2.05) is 11.8 Å². The van der Waals surface area contributed by atoms with Crippen LogP contribution >= 0.6 is 0 Å². The van der Waals surface area contributed by atoms with Crippen molar-refractivity contribution in [1.29, 1.82) is 0 Å². The van der Waals surface area contributed by atoms with Gasteiger partial charge >= 0.3 is 0 Å². The van der Waals surface area contributed by atoms with Gasteiger partial charge < -0.3 is 10.2 Å². The standard InChI is InChI=1S/C7H15NO2/c1-3-8-4-6(9)7(2,10)5-8/h6,9-10H,3-5H2,1-2H3. The topological polar surface area (TPSA) is 43.7 Å². The van der Waals surface area contributed by atoms with Gasteiger partial charge in [0.05, 0.1) is 6.10 Å². The van der Waals surface area contributed by atoms with Gasteiger partial charge in [0.1, 0.15) is 5.60 Å². The molecule has 0 saturated carbocycles. The van der Waals surface area contributed by atoms with Crippen molar-refractivity contribution >= 4 is 0 Å². The van der Waals surface area contributed by atoms with E-state index >= 15 is 0 Å². The lowest BCUT2D eigenvalue weighted by Gasteiger charge is -2.19. The second kappa shape index (κ2) is 2.49. The molecule has 1 rings (SSSR count). The molecule has 0 bridgehead atoms. The molecular weight excluding hydrogens is 130 g/mol. The van der Waals surface area contributed by atoms with Gasteiger partial charge in [-0.25, -0.2) is 0 Å². The number of aliphatic hydroxyl groups is 2. The van der Waals surface area contributed by atoms with Crippen molar-refractivity contribution in [3.8, 4) is 0 Å². The number of aliphatic hydroxyl groups excluding tert-OH is 1. The van der Waals surface area contributed by atoms with E-state index < -0.39 is 11.7 Å². The largest absolute Gasteiger partial charge is 0.389 e. The third-order valence-electron chi connectivity index (χ3n) is 2.14. The van der Waals surface area contributed by atoms with Crippen molar-refractivity contribution in [3.63, 3.8) is 0 Å². The lowest BCUT2D eigenvalue weighted by molar-refractivity contribution is -0.0255. The summed E-state index contributed by atoms with van der Waals surface area (Å²) >= 11 is 0. The summed E-state index contributed by atoms with van der Waals surface area (Å²) in [5, 5.41) is 18.7. The van der Waals surface area contributed by atoms with Crippen LogP contribution in [0.15, 0.2) is 0 Å². The molecule has 2 atom stereocenters. The maximum atomic E-state index is 9.47. The smallest absolute Gasteiger partial charge is 0.102 e. The van der Waals surface area contributed by atoms with Crippen LogP contribution in [0.2, 0.25) is 0 Å². The fourth-order valence-corrected chi connectivity index (χ4v) is 1.30. The fraction of sp³-hybridized carbons (Fsp3) is 1.00. The number of rotatable bonds is 1. The Morgan fingerprint density at radius 1 is 1.70 bits per heavy atom. The minimum atomic E-state index is -0.893. The van der Waals surface area contributed by atoms with Gasteiger partial charge in [-0.1, -0.05) is 6.92 Å². The van der Waals surface area contributed by atoms with Crippen LogP contribution in [0.5, 0.6) is 0 Å². The quantitative estimate of drug-likeness (QED) is 0.519. The molecule has 10 heavy (non-hydrogen) atoms. The molecule has 0 spiro atoms. The lowest BCUT2D eigenvalue weighted by atomic mass is 10.0. The molecule has 1 aliphatic rings. The summed E-state index contributed by atoms with van der Waals surface area (Å²) < 4.78 is 0. The Morgan fingerprint density at radius 3 is 2.50 bits per heavy atom. The molecule has 1 aliphatic heterocycles. The molecule has 0 amide bonds. The van der Waals surface area contributed by atoms with Gasteiger partial charge in [-0.05, 0) is 13.5 Å². The van der Waals surface area contributed by atoms with Gasteiger partial charge in [-0.15, -0.1) is 0 Å². The molecule has 1 saturated heterocycles. The molecule has 0 aromatic rings. The van der Waals surface area contributed by atoms with E-state index in [0.717, 1.165) is 6.54 Å². The highest BCUT2D eigenvalue weighted by molar-refractivity contribution is 4.93. The molecule has 60 valence electrons. The monoisotopic (exact) mass is 145 g/mol. The molecule has 0 aromatic carbocycles. The van der Waals surface area contributed by atoms with E-state index in [0.29, 0.717) is 13.1 Å². The normalized spacial score (nSPS) is 42.6. The van der Waals surface area contributed by atoms with Crippen LogP contribution in [0.3, 0.4) is 0 Å². The maximum Gasteiger partial charge on any atom is 0.102 e. The molecule has 3 heteroatoms. The van der Waals surface area contributed by atoms with Crippen LogP contribution in [-0.2, 0) is 0 Å². The van der Waals surface area contributed by atoms with Crippen LogP contribution in [0.1, 0.15) is 13.8 Å². The summed E-state index contributed by atoms with van der Waals surface area (Å²) in [5.41, 5.74) is -0.893. The van der Waals surface area contributed by atoms with Crippen LogP contribution in [0.4, 0.5) is 0 Å². The average molecular weight is 145 g/mol. The zero-order valence-electron chi connectivity index (χ0n) is 6.54. The van der Waals surface area contributed by atoms with Gasteiger partial charge in [-0.3, -0.25) is 4.90 Å². The summed E-state index contributed by atoms with van der Waals surface area (Å²) in [5.74, 6) is 0. The van der Waals surface area contributed by atoms with Gasteiger partial charge in [0.25, 0.3) is 0 Å². The SMILES string of the molecule is CCN1CC(O)C(C)(O)C1. The Balaban J connectivity index is 2.53. The zero-order chi connectivity index (χ0) is 7.78. The minimum absolute atomic E-state index is 0.576. The third-order valence-corrected chi connectivity index (χ3v) is 2.14. The molecule has 2 N–H and O–H groups in total. The second-order valence-electron chi connectivity index (χ2n) is 3.20. The van der Waals surface area contributed by atoms with Crippen LogP contribution in [0.25, 0.3) is 0 Å². The molecule has 1 heterocycles. The van der Waals surface area contributed by atoms with Crippen molar-refractivity contribution in [2.45, 2.75) is 25.6 Å². The first-order chi connectivity index (χ1) is 4.56. The molecule has 0 radical (unpaired) electrons. The van der Waals surface area contributed by atoms with Crippen molar-refractivity contribution < 1.29 is 10.2 Å². The molecule has 0 aromatic heterocycles. The van der Waals surface area contributed by atoms with Crippen LogP contribution < -0.4 is 0 Å². The zero-order valence-corrected chi connectivity index (χ0v) is 6.54. The van der Waals surface area contributed by atoms with E-state index in [2.05, 4.69) is 0 Å². The number of nitrogens with zero attached hydrogens (tertiary/aromatic N) is 1. The van der Waals surface area contributed by atoms with Gasteiger partial charge in [0.15, 0.2) is 0 Å². The number of likely N-dealkylation sites (tertiary alicyclic amines) is 1. The summed E-state index contributed by atoms with van der Waals surface area (Å²) in [7, 11) is 0. The first-order valence-electron chi connectivity index (χ1n) is 3.69. The van der Waals surface area contributed by atoms with Crippen molar-refractivity contribution in [2.24, 2.45) is 0 Å². The first kappa shape index (κ1) is 7.98. The van der Waals surface area contributed by atoms with Gasteiger partial charge in [-0.2, -0.15) is 0 Å². The summed E-state index contributed by atoms with van der Waals surface area (Å²) in [6.07, 6.45) is -0.576. The summed E-state index contributed by atoms with van der Waals surface area (Å²) in [6.45, 7) is 5.78. The second-order valence-corrected chi connectivity index (χ2v) is 3.20. The first-order valence-corrected chi connectivity index (χ1v) is 3.69. The Hall–Kier alpha value is -0.120. The van der Waals surface area contributed by atoms with Crippen molar-refractivity contribution in [3.05, 3.63) is 0 Å². The highest BCUT2D eigenvalue weighted by Gasteiger charge is 2.39. The number of hydrogen-bond donors (Lipinski definition) is 2. The van der Waals surface area contributed by atoms with E-state index in [4.69, 9.17) is 0 Å². The maximum absolute atomic E-state index is 9.47. The Kier molecular flexibility index (Phi) is 1.99. The van der Waals surface area contributed by atoms with Gasteiger partial charge in [0, 0.05) is 13.1 Å². The summed E-state index contributed by atoms with van der Waals surface area (Å²) in [6, 6.07) is 0. The van der Waals surface area contributed by atoms with E-state index in [1.54, 1.807) is 6.92 Å². The van der Waals surface area contributed by atoms with Crippen molar-refractivity contribution in [2.75, 3.05) is 19.6 Å². The molecule has 2 unspecified atom stereocenters. The highest BCUT2D eigenvalue weighted by Crippen LogP contribution is 2.20. The molecule has 1 fully saturated rings. The van der Waals surface area contributed by atoms with Gasteiger partial charge in [0.2, 0.25) is 0 Å². The van der Waals surface area contributed by atoms with E-state index in [-0.39, 0.29) is 0 Å². The number of likely N-dealkylation sites (N-methyl/N-ethyl adjacent to an activating group) is 1. The Morgan fingerprint density at radius 2 is 2.30 bits per heavy atom. The number of hydrogen-bond acceptors (Lipinski definition) is 3.